The van der Waals surface area contributed by atoms with E-state index >= 15 is 0 Å². The van der Waals surface area contributed by atoms with Gasteiger partial charge in [0.05, 0.1) is 0 Å². The van der Waals surface area contributed by atoms with E-state index in [2.05, 4.69) is 13.8 Å². The third-order valence-electron chi connectivity index (χ3n) is 3.22. The first kappa shape index (κ1) is 17.4. The van der Waals surface area contributed by atoms with E-state index in [1.165, 1.54) is 51.4 Å². The largest absolute Gasteiger partial charge is 0.0683 e. The molecule has 0 heterocycles. The van der Waals surface area contributed by atoms with E-state index in [1.54, 1.807) is 0 Å². The van der Waals surface area contributed by atoms with Crippen molar-refractivity contribution in [2.75, 3.05) is 0 Å². The van der Waals surface area contributed by atoms with Gasteiger partial charge in [0.2, 0.25) is 0 Å². The predicted octanol–water partition coefficient (Wildman–Crippen LogP) is 6.20. The molecule has 94 valence electrons. The Morgan fingerprint density at radius 2 is 1.07 bits per heavy atom. The lowest BCUT2D eigenvalue weighted by Gasteiger charge is -2.27. The second-order valence-electron chi connectivity index (χ2n) is 4.21. The molecule has 0 bridgehead atoms. The molecule has 1 aliphatic rings. The van der Waals surface area contributed by atoms with Gasteiger partial charge >= 0.3 is 0 Å². The van der Waals surface area contributed by atoms with E-state index in [0.717, 1.165) is 5.41 Å². The van der Waals surface area contributed by atoms with Crippen LogP contribution in [-0.4, -0.2) is 0 Å². The van der Waals surface area contributed by atoms with Crippen molar-refractivity contribution >= 4 is 0 Å². The van der Waals surface area contributed by atoms with Crippen molar-refractivity contribution in [2.24, 2.45) is 5.41 Å². The van der Waals surface area contributed by atoms with Crippen LogP contribution in [0.2, 0.25) is 0 Å². The topological polar surface area (TPSA) is 0 Å². The van der Waals surface area contributed by atoms with E-state index in [4.69, 9.17) is 0 Å². The minimum atomic E-state index is 0.795. The molecule has 1 saturated carbocycles. The maximum absolute atomic E-state index is 2.33. The molecule has 0 aliphatic heterocycles. The third kappa shape index (κ3) is 6.98. The van der Waals surface area contributed by atoms with Crippen LogP contribution in [0.15, 0.2) is 0 Å². The molecule has 0 aromatic rings. The Kier molecular flexibility index (Phi) is 14.0. The van der Waals surface area contributed by atoms with Gasteiger partial charge in [-0.15, -0.1) is 0 Å². The Morgan fingerprint density at radius 3 is 1.33 bits per heavy atom. The van der Waals surface area contributed by atoms with Gasteiger partial charge < -0.3 is 0 Å². The number of hydrogen-bond donors (Lipinski definition) is 0. The summed E-state index contributed by atoms with van der Waals surface area (Å²) in [5.41, 5.74) is 0.795. The van der Waals surface area contributed by atoms with Crippen LogP contribution in [0.3, 0.4) is 0 Å². The molecule has 0 N–H and O–H groups in total. The minimum absolute atomic E-state index is 0.795. The van der Waals surface area contributed by atoms with E-state index in [9.17, 15) is 0 Å². The molecule has 0 aromatic heterocycles. The zero-order valence-electron chi connectivity index (χ0n) is 12.2. The van der Waals surface area contributed by atoms with E-state index in [1.807, 2.05) is 27.7 Å². The summed E-state index contributed by atoms with van der Waals surface area (Å²) in [6, 6.07) is 0. The summed E-state index contributed by atoms with van der Waals surface area (Å²) in [6.45, 7) is 12.7. The molecule has 0 amide bonds. The fourth-order valence-corrected chi connectivity index (χ4v) is 2.81. The molecule has 0 unspecified atom stereocenters. The maximum atomic E-state index is 2.33. The van der Waals surface area contributed by atoms with Crippen molar-refractivity contribution in [3.05, 3.63) is 0 Å². The van der Waals surface area contributed by atoms with Crippen molar-refractivity contribution in [2.45, 2.75) is 92.9 Å². The summed E-state index contributed by atoms with van der Waals surface area (Å²) in [5, 5.41) is 0. The first-order valence-corrected chi connectivity index (χ1v) is 7.33. The monoisotopic (exact) mass is 214 g/mol. The Balaban J connectivity index is 0. The summed E-state index contributed by atoms with van der Waals surface area (Å²) in [7, 11) is 0. The van der Waals surface area contributed by atoms with Crippen molar-refractivity contribution in [1.29, 1.82) is 0 Å². The Morgan fingerprint density at radius 1 is 0.733 bits per heavy atom. The Labute approximate surface area is 98.9 Å². The summed E-state index contributed by atoms with van der Waals surface area (Å²) in [4.78, 5) is 0. The van der Waals surface area contributed by atoms with Gasteiger partial charge in [-0.2, -0.15) is 0 Å². The fourth-order valence-electron chi connectivity index (χ4n) is 2.81. The zero-order valence-corrected chi connectivity index (χ0v) is 12.2. The SMILES string of the molecule is CC.CC.CCCC1(CCC)CCCC1. The lowest BCUT2D eigenvalue weighted by molar-refractivity contribution is 0.243. The molecular formula is C15H34. The molecule has 1 aliphatic carbocycles. The van der Waals surface area contributed by atoms with Crippen molar-refractivity contribution in [3.8, 4) is 0 Å². The molecule has 0 heteroatoms. The molecule has 0 atom stereocenters. The van der Waals surface area contributed by atoms with E-state index in [-0.39, 0.29) is 0 Å². The first-order valence-electron chi connectivity index (χ1n) is 7.33. The van der Waals surface area contributed by atoms with Gasteiger partial charge in [0, 0.05) is 0 Å². The van der Waals surface area contributed by atoms with Crippen LogP contribution < -0.4 is 0 Å². The highest BCUT2D eigenvalue weighted by atomic mass is 14.4. The minimum Gasteiger partial charge on any atom is -0.0683 e. The van der Waals surface area contributed by atoms with Gasteiger partial charge in [0.25, 0.3) is 0 Å². The van der Waals surface area contributed by atoms with Crippen LogP contribution in [0.4, 0.5) is 0 Å². The van der Waals surface area contributed by atoms with Crippen LogP contribution >= 0.6 is 0 Å². The van der Waals surface area contributed by atoms with Crippen LogP contribution in [0.25, 0.3) is 0 Å². The number of hydrogen-bond acceptors (Lipinski definition) is 0. The fraction of sp³-hybridized carbons (Fsp3) is 1.00. The third-order valence-corrected chi connectivity index (χ3v) is 3.22. The van der Waals surface area contributed by atoms with Gasteiger partial charge in [-0.05, 0) is 31.1 Å². The van der Waals surface area contributed by atoms with Gasteiger partial charge in [0.1, 0.15) is 0 Å². The molecule has 0 nitrogen and oxygen atoms in total. The van der Waals surface area contributed by atoms with Gasteiger partial charge in [-0.25, -0.2) is 0 Å². The summed E-state index contributed by atoms with van der Waals surface area (Å²) < 4.78 is 0. The molecule has 0 spiro atoms. The van der Waals surface area contributed by atoms with E-state index < -0.39 is 0 Å². The second-order valence-corrected chi connectivity index (χ2v) is 4.21. The smallest absolute Gasteiger partial charge is 0.0298 e. The highest BCUT2D eigenvalue weighted by Crippen LogP contribution is 2.45. The van der Waals surface area contributed by atoms with Crippen LogP contribution in [0.5, 0.6) is 0 Å². The van der Waals surface area contributed by atoms with Gasteiger partial charge in [-0.1, -0.05) is 67.2 Å². The first-order chi connectivity index (χ1) is 7.33. The summed E-state index contributed by atoms with van der Waals surface area (Å²) in [5.74, 6) is 0. The molecular weight excluding hydrogens is 180 g/mol. The number of rotatable bonds is 4. The van der Waals surface area contributed by atoms with E-state index in [0.29, 0.717) is 0 Å². The van der Waals surface area contributed by atoms with Crippen LogP contribution in [0, 0.1) is 5.41 Å². The molecule has 0 aromatic carbocycles. The Bertz CT molecular complexity index is 90.6. The zero-order chi connectivity index (χ0) is 12.2. The van der Waals surface area contributed by atoms with Gasteiger partial charge in [-0.3, -0.25) is 0 Å². The quantitative estimate of drug-likeness (QED) is 0.522. The predicted molar refractivity (Wildman–Crippen MR) is 73.4 cm³/mol. The normalized spacial score (nSPS) is 17.2. The average Bonchev–Trinajstić information content (AvgIpc) is 2.74. The highest BCUT2D eigenvalue weighted by molar-refractivity contribution is 4.83. The molecule has 15 heavy (non-hydrogen) atoms. The summed E-state index contributed by atoms with van der Waals surface area (Å²) >= 11 is 0. The van der Waals surface area contributed by atoms with Crippen molar-refractivity contribution < 1.29 is 0 Å². The summed E-state index contributed by atoms with van der Waals surface area (Å²) in [6.07, 6.45) is 11.8. The van der Waals surface area contributed by atoms with Crippen molar-refractivity contribution in [3.63, 3.8) is 0 Å². The second kappa shape index (κ2) is 12.1. The average molecular weight is 214 g/mol. The molecule has 1 fully saturated rings. The van der Waals surface area contributed by atoms with Crippen molar-refractivity contribution in [1.82, 2.24) is 0 Å². The lowest BCUT2D eigenvalue weighted by atomic mass is 9.78. The molecule has 1 rings (SSSR count). The maximum Gasteiger partial charge on any atom is -0.0298 e. The van der Waals surface area contributed by atoms with Crippen LogP contribution in [0.1, 0.15) is 92.9 Å². The lowest BCUT2D eigenvalue weighted by Crippen LogP contribution is -2.15. The standard InChI is InChI=1S/C11H22.2C2H6/c1-3-7-11(8-4-2)9-5-6-10-11;2*1-2/h3-10H2,1-2H3;2*1-2H3. The van der Waals surface area contributed by atoms with Gasteiger partial charge in [0.15, 0.2) is 0 Å². The Hall–Kier alpha value is 0. The molecule has 0 radical (unpaired) electrons. The highest BCUT2D eigenvalue weighted by Gasteiger charge is 2.31. The molecule has 0 saturated heterocycles. The van der Waals surface area contributed by atoms with Crippen LogP contribution in [-0.2, 0) is 0 Å².